The van der Waals surface area contributed by atoms with Gasteiger partial charge in [-0.05, 0) is 63.0 Å². The second-order valence-electron chi connectivity index (χ2n) is 13.7. The summed E-state index contributed by atoms with van der Waals surface area (Å²) in [6.45, 7) is 4.91. The molecule has 2 heterocycles. The Kier molecular flexibility index (Phi) is 7.90. The van der Waals surface area contributed by atoms with Crippen LogP contribution in [-0.4, -0.2) is 23.0 Å². The Labute approximate surface area is 305 Å². The molecule has 1 aliphatic rings. The predicted octanol–water partition coefficient (Wildman–Crippen LogP) is 10.8. The summed E-state index contributed by atoms with van der Waals surface area (Å²) in [4.78, 5) is 18.0. The van der Waals surface area contributed by atoms with Crippen LogP contribution in [0.25, 0.3) is 56.4 Å². The van der Waals surface area contributed by atoms with Gasteiger partial charge in [0.05, 0.1) is 5.69 Å². The number of hydrogen-bond donors (Lipinski definition) is 0. The van der Waals surface area contributed by atoms with Crippen LogP contribution in [0.15, 0.2) is 182 Å². The molecule has 1 aliphatic heterocycles. The van der Waals surface area contributed by atoms with Crippen molar-refractivity contribution in [3.63, 3.8) is 0 Å². The molecule has 1 aromatic heterocycles. The average molecular weight is 685 g/mol. The maximum absolute atomic E-state index is 5.26. The van der Waals surface area contributed by atoms with E-state index in [4.69, 9.17) is 15.0 Å². The van der Waals surface area contributed by atoms with Crippen molar-refractivity contribution in [1.29, 1.82) is 0 Å². The van der Waals surface area contributed by atoms with Gasteiger partial charge in [0.2, 0.25) is 0 Å². The molecule has 4 nitrogen and oxygen atoms in total. The fourth-order valence-electron chi connectivity index (χ4n) is 7.46. The molecule has 0 N–H and O–H groups in total. The predicted molar refractivity (Wildman–Crippen MR) is 218 cm³/mol. The Morgan fingerprint density at radius 1 is 0.346 bits per heavy atom. The summed E-state index contributed by atoms with van der Waals surface area (Å²) in [7, 11) is -1.99. The van der Waals surface area contributed by atoms with E-state index >= 15 is 0 Å². The zero-order valence-corrected chi connectivity index (χ0v) is 30.1. The number of aromatic nitrogens is 3. The fourth-order valence-corrected chi connectivity index (χ4v) is 10.4. The second-order valence-corrected chi connectivity index (χ2v) is 18.0. The van der Waals surface area contributed by atoms with E-state index in [0.717, 1.165) is 33.5 Å². The Balaban J connectivity index is 1.32. The highest BCUT2D eigenvalue weighted by Crippen LogP contribution is 2.44. The lowest BCUT2D eigenvalue weighted by molar-refractivity contribution is 1.07. The van der Waals surface area contributed by atoms with E-state index < -0.39 is 8.07 Å². The molecule has 0 saturated heterocycles. The Morgan fingerprint density at radius 2 is 0.769 bits per heavy atom. The summed E-state index contributed by atoms with van der Waals surface area (Å²) in [5.41, 5.74) is 10.8. The smallest absolute Gasteiger partial charge is 0.166 e. The Morgan fingerprint density at radius 3 is 1.33 bits per heavy atom. The molecule has 0 aliphatic carbocycles. The number of anilines is 3. The van der Waals surface area contributed by atoms with Crippen LogP contribution < -0.4 is 15.3 Å². The van der Waals surface area contributed by atoms with Gasteiger partial charge in [-0.1, -0.05) is 165 Å². The molecule has 248 valence electrons. The molecule has 5 heteroatoms. The molecule has 0 bridgehead atoms. The van der Waals surface area contributed by atoms with Crippen LogP contribution in [0.4, 0.5) is 17.1 Å². The third kappa shape index (κ3) is 5.62. The first-order valence-electron chi connectivity index (χ1n) is 17.7. The minimum absolute atomic E-state index is 0.626. The molecule has 52 heavy (non-hydrogen) atoms. The molecular weight excluding hydrogens is 649 g/mol. The maximum atomic E-state index is 5.26. The minimum atomic E-state index is -1.99. The highest BCUT2D eigenvalue weighted by molar-refractivity contribution is 7.02. The van der Waals surface area contributed by atoms with Gasteiger partial charge in [0.15, 0.2) is 17.5 Å². The normalized spacial score (nSPS) is 12.9. The van der Waals surface area contributed by atoms with E-state index in [2.05, 4.69) is 164 Å². The van der Waals surface area contributed by atoms with Crippen LogP contribution in [0, 0.1) is 0 Å². The summed E-state index contributed by atoms with van der Waals surface area (Å²) in [5.74, 6) is 1.90. The molecule has 8 aromatic rings. The molecule has 7 aromatic carbocycles. The van der Waals surface area contributed by atoms with Crippen LogP contribution in [0.2, 0.25) is 13.1 Å². The Hall–Kier alpha value is -6.43. The van der Waals surface area contributed by atoms with Gasteiger partial charge in [-0.15, -0.1) is 0 Å². The molecule has 0 atom stereocenters. The number of nitrogens with zero attached hydrogens (tertiary/aromatic N) is 4. The van der Waals surface area contributed by atoms with Gasteiger partial charge in [-0.3, -0.25) is 0 Å². The molecular formula is C47H36N4Si. The zero-order chi connectivity index (χ0) is 35.1. The monoisotopic (exact) mass is 684 g/mol. The van der Waals surface area contributed by atoms with E-state index in [1.54, 1.807) is 0 Å². The van der Waals surface area contributed by atoms with Gasteiger partial charge < -0.3 is 4.90 Å². The van der Waals surface area contributed by atoms with Crippen LogP contribution in [0.1, 0.15) is 0 Å². The molecule has 0 fully saturated rings. The summed E-state index contributed by atoms with van der Waals surface area (Å²) >= 11 is 0. The Bertz CT molecular complexity index is 2440. The van der Waals surface area contributed by atoms with Crippen molar-refractivity contribution < 1.29 is 0 Å². The lowest BCUT2D eigenvalue weighted by atomic mass is 9.96. The first kappa shape index (κ1) is 31.5. The van der Waals surface area contributed by atoms with Crippen molar-refractivity contribution in [2.75, 3.05) is 4.90 Å². The topological polar surface area (TPSA) is 41.9 Å². The van der Waals surface area contributed by atoms with E-state index in [-0.39, 0.29) is 0 Å². The molecule has 0 spiro atoms. The van der Waals surface area contributed by atoms with E-state index in [0.29, 0.717) is 17.5 Å². The molecule has 9 rings (SSSR count). The molecule has 0 radical (unpaired) electrons. The van der Waals surface area contributed by atoms with Gasteiger partial charge in [-0.25, -0.2) is 15.0 Å². The number of para-hydroxylation sites is 2. The lowest BCUT2D eigenvalue weighted by Crippen LogP contribution is -2.58. The van der Waals surface area contributed by atoms with Crippen LogP contribution >= 0.6 is 0 Å². The van der Waals surface area contributed by atoms with Gasteiger partial charge >= 0.3 is 0 Å². The lowest BCUT2D eigenvalue weighted by Gasteiger charge is -2.41. The van der Waals surface area contributed by atoms with Crippen LogP contribution in [-0.2, 0) is 0 Å². The fraction of sp³-hybridized carbons (Fsp3) is 0.0426. The molecule has 0 amide bonds. The first-order chi connectivity index (χ1) is 25.5. The van der Waals surface area contributed by atoms with Crippen molar-refractivity contribution in [3.05, 3.63) is 182 Å². The summed E-state index contributed by atoms with van der Waals surface area (Å²) in [5, 5.41) is 2.81. The number of benzene rings is 7. The third-order valence-corrected chi connectivity index (χ3v) is 13.7. The summed E-state index contributed by atoms with van der Waals surface area (Å²) in [6.07, 6.45) is 0. The van der Waals surface area contributed by atoms with E-state index in [9.17, 15) is 0 Å². The highest BCUT2D eigenvalue weighted by Gasteiger charge is 2.39. The van der Waals surface area contributed by atoms with Crippen molar-refractivity contribution >= 4 is 35.5 Å². The number of rotatable bonds is 6. The van der Waals surface area contributed by atoms with Crippen molar-refractivity contribution in [1.82, 2.24) is 15.0 Å². The summed E-state index contributed by atoms with van der Waals surface area (Å²) in [6, 6.07) is 64.3. The SMILES string of the molecule is C[Si]1(C)c2ccccc2N(c2ccc(-c3cccc(-c4ccccc4)c3)cc2-c2nc(-c3ccccc3)nc(-c3ccccc3)n2)c2ccccc21. The number of hydrogen-bond acceptors (Lipinski definition) is 4. The van der Waals surface area contributed by atoms with Crippen LogP contribution in [0.3, 0.4) is 0 Å². The molecule has 0 unspecified atom stereocenters. The van der Waals surface area contributed by atoms with Gasteiger partial charge in [-0.2, -0.15) is 0 Å². The van der Waals surface area contributed by atoms with Crippen LogP contribution in [0.5, 0.6) is 0 Å². The maximum Gasteiger partial charge on any atom is 0.166 e. The van der Waals surface area contributed by atoms with Crippen molar-refractivity contribution in [2.45, 2.75) is 13.1 Å². The quantitative estimate of drug-likeness (QED) is 0.164. The minimum Gasteiger partial charge on any atom is -0.310 e. The summed E-state index contributed by atoms with van der Waals surface area (Å²) < 4.78 is 0. The average Bonchev–Trinajstić information content (AvgIpc) is 3.22. The number of fused-ring (bicyclic) bond motifs is 2. The van der Waals surface area contributed by atoms with Crippen molar-refractivity contribution in [3.8, 4) is 56.4 Å². The van der Waals surface area contributed by atoms with E-state index in [1.165, 1.54) is 32.9 Å². The largest absolute Gasteiger partial charge is 0.310 e. The van der Waals surface area contributed by atoms with Crippen molar-refractivity contribution in [2.24, 2.45) is 0 Å². The van der Waals surface area contributed by atoms with Gasteiger partial charge in [0, 0.05) is 28.1 Å². The van der Waals surface area contributed by atoms with Gasteiger partial charge in [0.1, 0.15) is 8.07 Å². The standard InChI is InChI=1S/C47H36N4Si/c1-52(2)43-27-14-12-25-41(43)51(42-26-13-15-28-44(42)52)40-30-29-38(37-24-16-23-36(31-37)33-17-6-3-7-18-33)32-39(40)47-49-45(34-19-8-4-9-20-34)48-46(50-47)35-21-10-5-11-22-35/h3-32H,1-2H3. The zero-order valence-electron chi connectivity index (χ0n) is 29.1. The first-order valence-corrected chi connectivity index (χ1v) is 20.7. The van der Waals surface area contributed by atoms with Gasteiger partial charge in [0.25, 0.3) is 0 Å². The highest BCUT2D eigenvalue weighted by atomic mass is 28.3. The third-order valence-electron chi connectivity index (χ3n) is 10.1. The second kappa shape index (κ2) is 13.0. The van der Waals surface area contributed by atoms with E-state index in [1.807, 2.05) is 36.4 Å². The molecule has 0 saturated carbocycles.